The molecule has 1 aromatic carbocycles. The van der Waals surface area contributed by atoms with Crippen LogP contribution in [0, 0.1) is 6.92 Å². The summed E-state index contributed by atoms with van der Waals surface area (Å²) >= 11 is 0. The van der Waals surface area contributed by atoms with Gasteiger partial charge in [-0.2, -0.15) is 0 Å². The maximum Gasteiger partial charge on any atom is 0.0839 e. The monoisotopic (exact) mass is 194 g/mol. The van der Waals surface area contributed by atoms with Crippen LogP contribution >= 0.6 is 0 Å². The molecule has 0 spiro atoms. The Hall–Kier alpha value is -0.860. The summed E-state index contributed by atoms with van der Waals surface area (Å²) in [5, 5.41) is 9.77. The Balaban J connectivity index is 2.64. The van der Waals surface area contributed by atoms with E-state index in [0.717, 1.165) is 0 Å². The van der Waals surface area contributed by atoms with Gasteiger partial charge in [-0.25, -0.2) is 0 Å². The van der Waals surface area contributed by atoms with Crippen LogP contribution in [0.4, 0.5) is 0 Å². The van der Waals surface area contributed by atoms with Gasteiger partial charge in [0.25, 0.3) is 0 Å². The fraction of sp³-hybridized carbons (Fsp3) is 0.500. The highest BCUT2D eigenvalue weighted by molar-refractivity contribution is 5.26. The second-order valence-corrected chi connectivity index (χ2v) is 3.64. The standard InChI is InChI=1S/C12H18O2/c1-9-6-4-5-7-11(9)8-12(13)10(2)14-3/h4-7,10,12-13H,8H2,1-3H3. The number of rotatable bonds is 4. The molecule has 14 heavy (non-hydrogen) atoms. The number of benzene rings is 1. The number of methoxy groups -OCH3 is 1. The molecule has 1 N–H and O–H groups in total. The van der Waals surface area contributed by atoms with Crippen molar-refractivity contribution in [2.75, 3.05) is 7.11 Å². The maximum absolute atomic E-state index is 9.77. The van der Waals surface area contributed by atoms with E-state index in [1.165, 1.54) is 11.1 Å². The first-order valence-electron chi connectivity index (χ1n) is 4.90. The molecule has 0 radical (unpaired) electrons. The maximum atomic E-state index is 9.77. The molecular formula is C12H18O2. The van der Waals surface area contributed by atoms with Crippen LogP contribution in [0.15, 0.2) is 24.3 Å². The van der Waals surface area contributed by atoms with Crippen LogP contribution in [-0.4, -0.2) is 24.4 Å². The van der Waals surface area contributed by atoms with Gasteiger partial charge in [0, 0.05) is 13.5 Å². The first-order valence-corrected chi connectivity index (χ1v) is 4.90. The van der Waals surface area contributed by atoms with Crippen LogP contribution < -0.4 is 0 Å². The molecule has 1 rings (SSSR count). The summed E-state index contributed by atoms with van der Waals surface area (Å²) in [4.78, 5) is 0. The fourth-order valence-electron chi connectivity index (χ4n) is 1.39. The molecule has 0 bridgehead atoms. The first-order chi connectivity index (χ1) is 6.65. The predicted octanol–water partition coefficient (Wildman–Crippen LogP) is 1.93. The second kappa shape index (κ2) is 5.13. The van der Waals surface area contributed by atoms with Gasteiger partial charge < -0.3 is 9.84 Å². The molecule has 0 aromatic heterocycles. The van der Waals surface area contributed by atoms with Crippen molar-refractivity contribution in [1.29, 1.82) is 0 Å². The van der Waals surface area contributed by atoms with Gasteiger partial charge in [-0.05, 0) is 25.0 Å². The van der Waals surface area contributed by atoms with Gasteiger partial charge in [0.15, 0.2) is 0 Å². The number of aryl methyl sites for hydroxylation is 1. The molecule has 2 atom stereocenters. The Morgan fingerprint density at radius 1 is 1.36 bits per heavy atom. The molecule has 0 saturated heterocycles. The molecule has 2 nitrogen and oxygen atoms in total. The summed E-state index contributed by atoms with van der Waals surface area (Å²) < 4.78 is 5.07. The van der Waals surface area contributed by atoms with Crippen LogP contribution in [0.5, 0.6) is 0 Å². The zero-order valence-corrected chi connectivity index (χ0v) is 9.03. The van der Waals surface area contributed by atoms with E-state index in [0.29, 0.717) is 6.42 Å². The molecule has 78 valence electrons. The van der Waals surface area contributed by atoms with Crippen LogP contribution in [0.2, 0.25) is 0 Å². The van der Waals surface area contributed by atoms with Crippen molar-refractivity contribution in [3.63, 3.8) is 0 Å². The van der Waals surface area contributed by atoms with E-state index in [1.54, 1.807) is 7.11 Å². The van der Waals surface area contributed by atoms with Gasteiger partial charge in [0.2, 0.25) is 0 Å². The Labute approximate surface area is 85.5 Å². The van der Waals surface area contributed by atoms with Gasteiger partial charge in [-0.15, -0.1) is 0 Å². The quantitative estimate of drug-likeness (QED) is 0.793. The minimum Gasteiger partial charge on any atom is -0.390 e. The molecule has 0 amide bonds. The Morgan fingerprint density at radius 3 is 2.57 bits per heavy atom. The predicted molar refractivity (Wildman–Crippen MR) is 57.4 cm³/mol. The number of hydrogen-bond acceptors (Lipinski definition) is 2. The number of aliphatic hydroxyl groups excluding tert-OH is 1. The van der Waals surface area contributed by atoms with Gasteiger partial charge in [-0.3, -0.25) is 0 Å². The second-order valence-electron chi connectivity index (χ2n) is 3.64. The zero-order chi connectivity index (χ0) is 10.6. The van der Waals surface area contributed by atoms with Crippen LogP contribution in [0.25, 0.3) is 0 Å². The summed E-state index contributed by atoms with van der Waals surface area (Å²) in [5.74, 6) is 0. The highest BCUT2D eigenvalue weighted by Gasteiger charge is 2.14. The van der Waals surface area contributed by atoms with Crippen LogP contribution in [-0.2, 0) is 11.2 Å². The van der Waals surface area contributed by atoms with E-state index in [4.69, 9.17) is 4.74 Å². The molecule has 0 fully saturated rings. The molecule has 1 aromatic rings. The minimum atomic E-state index is -0.430. The van der Waals surface area contributed by atoms with Gasteiger partial charge in [-0.1, -0.05) is 24.3 Å². The zero-order valence-electron chi connectivity index (χ0n) is 9.03. The van der Waals surface area contributed by atoms with Crippen molar-refractivity contribution < 1.29 is 9.84 Å². The molecule has 0 heterocycles. The lowest BCUT2D eigenvalue weighted by Crippen LogP contribution is -2.27. The molecule has 0 aliphatic carbocycles. The van der Waals surface area contributed by atoms with Gasteiger partial charge in [0.1, 0.15) is 0 Å². The number of hydrogen-bond donors (Lipinski definition) is 1. The Kier molecular flexibility index (Phi) is 4.11. The van der Waals surface area contributed by atoms with Crippen molar-refractivity contribution in [2.45, 2.75) is 32.5 Å². The largest absolute Gasteiger partial charge is 0.390 e. The lowest BCUT2D eigenvalue weighted by molar-refractivity contribution is 0.000343. The van der Waals surface area contributed by atoms with Gasteiger partial charge in [0.05, 0.1) is 12.2 Å². The summed E-state index contributed by atoms with van der Waals surface area (Å²) in [6.45, 7) is 3.93. The van der Waals surface area contributed by atoms with Crippen LogP contribution in [0.3, 0.4) is 0 Å². The van der Waals surface area contributed by atoms with Crippen molar-refractivity contribution in [3.05, 3.63) is 35.4 Å². The van der Waals surface area contributed by atoms with E-state index in [9.17, 15) is 5.11 Å². The Bertz CT molecular complexity index is 283. The van der Waals surface area contributed by atoms with E-state index >= 15 is 0 Å². The van der Waals surface area contributed by atoms with E-state index < -0.39 is 6.10 Å². The average molecular weight is 194 g/mol. The molecule has 2 heteroatoms. The molecule has 0 aliphatic heterocycles. The molecular weight excluding hydrogens is 176 g/mol. The highest BCUT2D eigenvalue weighted by Crippen LogP contribution is 2.12. The van der Waals surface area contributed by atoms with Crippen molar-refractivity contribution in [1.82, 2.24) is 0 Å². The van der Waals surface area contributed by atoms with E-state index in [-0.39, 0.29) is 6.10 Å². The minimum absolute atomic E-state index is 0.116. The lowest BCUT2D eigenvalue weighted by Gasteiger charge is -2.18. The fourth-order valence-corrected chi connectivity index (χ4v) is 1.39. The SMILES string of the molecule is COC(C)C(O)Cc1ccccc1C. The smallest absolute Gasteiger partial charge is 0.0839 e. The first kappa shape index (κ1) is 11.2. The third kappa shape index (κ3) is 2.82. The summed E-state index contributed by atoms with van der Waals surface area (Å²) in [5.41, 5.74) is 2.40. The average Bonchev–Trinajstić information content (AvgIpc) is 2.20. The summed E-state index contributed by atoms with van der Waals surface area (Å²) in [6.07, 6.45) is 0.109. The normalized spacial score (nSPS) is 15.1. The third-order valence-electron chi connectivity index (χ3n) is 2.60. The van der Waals surface area contributed by atoms with Gasteiger partial charge >= 0.3 is 0 Å². The molecule has 0 aliphatic rings. The number of aliphatic hydroxyl groups is 1. The van der Waals surface area contributed by atoms with Crippen LogP contribution in [0.1, 0.15) is 18.1 Å². The summed E-state index contributed by atoms with van der Waals surface area (Å²) in [7, 11) is 1.62. The number of ether oxygens (including phenoxy) is 1. The van der Waals surface area contributed by atoms with E-state index in [1.807, 2.05) is 25.1 Å². The van der Waals surface area contributed by atoms with E-state index in [2.05, 4.69) is 13.0 Å². The van der Waals surface area contributed by atoms with Crippen molar-refractivity contribution in [3.8, 4) is 0 Å². The molecule has 0 saturated carbocycles. The Morgan fingerprint density at radius 2 is 2.00 bits per heavy atom. The topological polar surface area (TPSA) is 29.5 Å². The third-order valence-corrected chi connectivity index (χ3v) is 2.60. The molecule has 2 unspecified atom stereocenters. The van der Waals surface area contributed by atoms with Crippen molar-refractivity contribution >= 4 is 0 Å². The highest BCUT2D eigenvalue weighted by atomic mass is 16.5. The summed E-state index contributed by atoms with van der Waals surface area (Å²) in [6, 6.07) is 8.10. The lowest BCUT2D eigenvalue weighted by atomic mass is 10.0. The van der Waals surface area contributed by atoms with Crippen molar-refractivity contribution in [2.24, 2.45) is 0 Å².